The highest BCUT2D eigenvalue weighted by atomic mass is 19.1. The molecule has 0 heterocycles. The van der Waals surface area contributed by atoms with Gasteiger partial charge in [-0.25, -0.2) is 4.39 Å². The number of likely N-dealkylation sites (N-methyl/N-ethyl adjacent to an activating group) is 1. The number of aliphatic hydroxyl groups excluding tert-OH is 1. The normalized spacial score (nSPS) is 22.6. The lowest BCUT2D eigenvalue weighted by atomic mass is 10.1. The number of carbonyl (C=O) groups excluding carboxylic acids is 1. The maximum atomic E-state index is 14.1. The van der Waals surface area contributed by atoms with Gasteiger partial charge in [-0.1, -0.05) is 42.5 Å². The molecule has 1 aliphatic carbocycles. The van der Waals surface area contributed by atoms with Crippen LogP contribution >= 0.6 is 0 Å². The molecule has 0 aliphatic heterocycles. The predicted molar refractivity (Wildman–Crippen MR) is 117 cm³/mol. The van der Waals surface area contributed by atoms with E-state index in [4.69, 9.17) is 9.84 Å². The van der Waals surface area contributed by atoms with Gasteiger partial charge in [0.2, 0.25) is 5.91 Å². The summed E-state index contributed by atoms with van der Waals surface area (Å²) in [5.41, 5.74) is 1.15. The van der Waals surface area contributed by atoms with Crippen LogP contribution in [0.25, 0.3) is 0 Å². The van der Waals surface area contributed by atoms with Gasteiger partial charge in [-0.15, -0.1) is 0 Å². The fraction of sp³-hybridized carbons (Fsp3) is 0.417. The maximum absolute atomic E-state index is 14.1. The summed E-state index contributed by atoms with van der Waals surface area (Å²) < 4.78 is 19.8. The lowest BCUT2D eigenvalue weighted by Crippen LogP contribution is -2.52. The summed E-state index contributed by atoms with van der Waals surface area (Å²) in [5.74, 6) is -1.94. The molecule has 4 atom stereocenters. The Labute approximate surface area is 186 Å². The highest BCUT2D eigenvalue weighted by molar-refractivity contribution is 5.80. The number of halogens is 1. The minimum Gasteiger partial charge on any atom is -0.485 e. The summed E-state index contributed by atoms with van der Waals surface area (Å²) in [6.45, 7) is 0.625. The number of carbonyl (C=O) groups is 2. The Hall–Kier alpha value is -2.97. The molecule has 1 amide bonds. The zero-order chi connectivity index (χ0) is 23.1. The third kappa shape index (κ3) is 6.27. The third-order valence-corrected chi connectivity index (χ3v) is 5.76. The number of aliphatic hydroxyl groups is 1. The van der Waals surface area contributed by atoms with E-state index < -0.39 is 42.0 Å². The van der Waals surface area contributed by atoms with Crippen LogP contribution in [0.5, 0.6) is 5.75 Å². The van der Waals surface area contributed by atoms with E-state index >= 15 is 0 Å². The standard InChI is InChI=1S/C24H29FN2O5/c1-27(14-13-16-7-3-2-4-8-16)23-18(26-21(28)11-12-22(29)30)15-20(24(23)31)32-19-10-6-5-9-17(19)25/h2-10,18,20,23-24,31H,11-15H2,1H3,(H,26,28)(H,29,30)/t18-,20-,23+,24+/m1/s1. The Morgan fingerprint density at radius 1 is 1.12 bits per heavy atom. The molecular formula is C24H29FN2O5. The molecule has 0 unspecified atom stereocenters. The molecule has 172 valence electrons. The molecule has 7 nitrogen and oxygen atoms in total. The largest absolute Gasteiger partial charge is 0.485 e. The Morgan fingerprint density at radius 2 is 1.81 bits per heavy atom. The van der Waals surface area contributed by atoms with Crippen molar-refractivity contribution in [3.63, 3.8) is 0 Å². The lowest BCUT2D eigenvalue weighted by Gasteiger charge is -2.32. The van der Waals surface area contributed by atoms with Crippen LogP contribution in [0.3, 0.4) is 0 Å². The van der Waals surface area contributed by atoms with Gasteiger partial charge in [-0.05, 0) is 31.2 Å². The van der Waals surface area contributed by atoms with Crippen molar-refractivity contribution in [3.8, 4) is 5.75 Å². The van der Waals surface area contributed by atoms with Gasteiger partial charge in [0.1, 0.15) is 12.2 Å². The smallest absolute Gasteiger partial charge is 0.303 e. The molecule has 0 bridgehead atoms. The fourth-order valence-electron chi connectivity index (χ4n) is 4.12. The Kier molecular flexibility index (Phi) is 8.19. The fourth-order valence-corrected chi connectivity index (χ4v) is 4.12. The van der Waals surface area contributed by atoms with Crippen molar-refractivity contribution in [1.82, 2.24) is 10.2 Å². The Bertz CT molecular complexity index is 910. The maximum Gasteiger partial charge on any atom is 0.303 e. The average molecular weight is 445 g/mol. The first kappa shape index (κ1) is 23.7. The van der Waals surface area contributed by atoms with Crippen molar-refractivity contribution in [2.75, 3.05) is 13.6 Å². The van der Waals surface area contributed by atoms with Crippen LogP contribution in [0, 0.1) is 5.82 Å². The number of carboxylic acids is 1. The van der Waals surface area contributed by atoms with Gasteiger partial charge in [-0.2, -0.15) is 0 Å². The first-order chi connectivity index (χ1) is 15.3. The minimum absolute atomic E-state index is 0.0418. The van der Waals surface area contributed by atoms with E-state index in [-0.39, 0.29) is 25.0 Å². The van der Waals surface area contributed by atoms with Crippen LogP contribution in [0.15, 0.2) is 54.6 Å². The molecule has 3 N–H and O–H groups in total. The number of nitrogens with zero attached hydrogens (tertiary/aromatic N) is 1. The highest BCUT2D eigenvalue weighted by Gasteiger charge is 2.46. The number of hydrogen-bond acceptors (Lipinski definition) is 5. The van der Waals surface area contributed by atoms with Crippen molar-refractivity contribution in [2.24, 2.45) is 0 Å². The number of ether oxygens (including phenoxy) is 1. The van der Waals surface area contributed by atoms with Crippen molar-refractivity contribution < 1.29 is 28.9 Å². The number of para-hydroxylation sites is 1. The van der Waals surface area contributed by atoms with Crippen LogP contribution in [0.4, 0.5) is 4.39 Å². The summed E-state index contributed by atoms with van der Waals surface area (Å²) in [6.07, 6.45) is -1.10. The van der Waals surface area contributed by atoms with Crippen molar-refractivity contribution in [2.45, 2.75) is 50.0 Å². The predicted octanol–water partition coefficient (Wildman–Crippen LogP) is 2.23. The molecule has 1 aliphatic rings. The molecular weight excluding hydrogens is 415 g/mol. The van der Waals surface area contributed by atoms with Gasteiger partial charge >= 0.3 is 5.97 Å². The number of benzene rings is 2. The van der Waals surface area contributed by atoms with Gasteiger partial charge in [0.15, 0.2) is 11.6 Å². The second kappa shape index (κ2) is 11.1. The minimum atomic E-state index is -1.05. The van der Waals surface area contributed by atoms with E-state index in [1.165, 1.54) is 12.1 Å². The Balaban J connectivity index is 1.71. The monoisotopic (exact) mass is 444 g/mol. The summed E-state index contributed by atoms with van der Waals surface area (Å²) in [4.78, 5) is 25.1. The van der Waals surface area contributed by atoms with E-state index in [0.717, 1.165) is 12.0 Å². The molecule has 1 fully saturated rings. The van der Waals surface area contributed by atoms with Gasteiger partial charge in [0.25, 0.3) is 0 Å². The quantitative estimate of drug-likeness (QED) is 0.520. The molecule has 8 heteroatoms. The number of nitrogens with one attached hydrogen (secondary N) is 1. The molecule has 0 aromatic heterocycles. The van der Waals surface area contributed by atoms with Crippen molar-refractivity contribution >= 4 is 11.9 Å². The SMILES string of the molecule is CN(CCc1ccccc1)[C@@H]1[C@@H](O)[C@H](Oc2ccccc2F)C[C@H]1NC(=O)CCC(=O)O. The van der Waals surface area contributed by atoms with Gasteiger partial charge in [-0.3, -0.25) is 14.5 Å². The first-order valence-corrected chi connectivity index (χ1v) is 10.7. The number of hydrogen-bond donors (Lipinski definition) is 3. The topological polar surface area (TPSA) is 99.1 Å². The molecule has 2 aromatic rings. The van der Waals surface area contributed by atoms with Crippen molar-refractivity contribution in [1.29, 1.82) is 0 Å². The summed E-state index contributed by atoms with van der Waals surface area (Å²) in [7, 11) is 1.86. The van der Waals surface area contributed by atoms with Gasteiger partial charge in [0, 0.05) is 19.4 Å². The molecule has 0 radical (unpaired) electrons. The number of aliphatic carboxylic acids is 1. The van der Waals surface area contributed by atoms with E-state index in [2.05, 4.69) is 5.32 Å². The summed E-state index contributed by atoms with van der Waals surface area (Å²) in [6, 6.07) is 15.0. The number of amides is 1. The van der Waals surface area contributed by atoms with Crippen LogP contribution in [-0.2, 0) is 16.0 Å². The Morgan fingerprint density at radius 3 is 2.50 bits per heavy atom. The number of rotatable bonds is 10. The second-order valence-electron chi connectivity index (χ2n) is 8.09. The van der Waals surface area contributed by atoms with Crippen LogP contribution in [0.2, 0.25) is 0 Å². The summed E-state index contributed by atoms with van der Waals surface area (Å²) in [5, 5.41) is 22.7. The van der Waals surface area contributed by atoms with Gasteiger partial charge in [0.05, 0.1) is 18.5 Å². The molecule has 1 saturated carbocycles. The lowest BCUT2D eigenvalue weighted by molar-refractivity contribution is -0.139. The zero-order valence-corrected chi connectivity index (χ0v) is 18.0. The van der Waals surface area contributed by atoms with Gasteiger partial charge < -0.3 is 20.3 Å². The van der Waals surface area contributed by atoms with E-state index in [1.54, 1.807) is 12.1 Å². The second-order valence-corrected chi connectivity index (χ2v) is 8.09. The third-order valence-electron chi connectivity index (χ3n) is 5.76. The first-order valence-electron chi connectivity index (χ1n) is 10.7. The van der Waals surface area contributed by atoms with Crippen LogP contribution in [0.1, 0.15) is 24.8 Å². The molecule has 32 heavy (non-hydrogen) atoms. The van der Waals surface area contributed by atoms with Crippen molar-refractivity contribution in [3.05, 3.63) is 66.0 Å². The van der Waals surface area contributed by atoms with E-state index in [1.807, 2.05) is 42.3 Å². The molecule has 0 saturated heterocycles. The molecule has 2 aromatic carbocycles. The van der Waals surface area contributed by atoms with E-state index in [0.29, 0.717) is 6.54 Å². The highest BCUT2D eigenvalue weighted by Crippen LogP contribution is 2.30. The van der Waals surface area contributed by atoms with E-state index in [9.17, 15) is 19.1 Å². The summed E-state index contributed by atoms with van der Waals surface area (Å²) >= 11 is 0. The van der Waals surface area contributed by atoms with Crippen LogP contribution < -0.4 is 10.1 Å². The number of carboxylic acid groups (broad SMARTS) is 1. The molecule has 3 rings (SSSR count). The van der Waals surface area contributed by atoms with Crippen LogP contribution in [-0.4, -0.2) is 64.9 Å². The molecule has 0 spiro atoms. The average Bonchev–Trinajstić information content (AvgIpc) is 3.07. The zero-order valence-electron chi connectivity index (χ0n) is 18.0.